The molecule has 0 aromatic heterocycles. The molecule has 0 aliphatic heterocycles. The molecule has 0 saturated heterocycles. The summed E-state index contributed by atoms with van der Waals surface area (Å²) in [7, 11) is 2.15. The van der Waals surface area contributed by atoms with E-state index in [2.05, 4.69) is 42.7 Å². The van der Waals surface area contributed by atoms with Crippen molar-refractivity contribution in [3.05, 3.63) is 69.2 Å². The lowest BCUT2D eigenvalue weighted by atomic mass is 9.77. The van der Waals surface area contributed by atoms with Gasteiger partial charge in [0.15, 0.2) is 0 Å². The van der Waals surface area contributed by atoms with Crippen molar-refractivity contribution < 1.29 is 5.32 Å². The second kappa shape index (κ2) is 5.77. The fraction of sp³-hybridized carbons (Fsp3) is 0.294. The zero-order valence-electron chi connectivity index (χ0n) is 11.4. The molecule has 0 bridgehead atoms. The Bertz CT molecular complexity index is 624. The van der Waals surface area contributed by atoms with Gasteiger partial charge in [-0.3, -0.25) is 0 Å². The standard InChI is InChI=1S/C17H17Cl2N/c1-20-17-9-7-12(13-4-2-3-5-14(13)17)11-6-8-15(18)16(19)10-11/h2-6,8,10,12,17,20H,7,9H2,1H3/p+1/t12-,17+/m1/s1. The predicted molar refractivity (Wildman–Crippen MR) is 84.6 cm³/mol. The Hall–Kier alpha value is -1.02. The van der Waals surface area contributed by atoms with Crippen molar-refractivity contribution in [3.63, 3.8) is 0 Å². The zero-order valence-corrected chi connectivity index (χ0v) is 13.0. The zero-order chi connectivity index (χ0) is 14.1. The van der Waals surface area contributed by atoms with Gasteiger partial charge in [-0.05, 0) is 29.7 Å². The molecule has 1 aliphatic carbocycles. The molecule has 0 saturated carbocycles. The van der Waals surface area contributed by atoms with E-state index in [9.17, 15) is 0 Å². The molecule has 2 aromatic carbocycles. The summed E-state index contributed by atoms with van der Waals surface area (Å²) >= 11 is 12.2. The Kier molecular flexibility index (Phi) is 4.02. The number of hydrogen-bond acceptors (Lipinski definition) is 0. The van der Waals surface area contributed by atoms with Crippen LogP contribution in [0.25, 0.3) is 0 Å². The van der Waals surface area contributed by atoms with E-state index in [0.717, 1.165) is 6.42 Å². The van der Waals surface area contributed by atoms with Gasteiger partial charge in [-0.2, -0.15) is 0 Å². The molecule has 3 heteroatoms. The Morgan fingerprint density at radius 1 is 0.950 bits per heavy atom. The molecule has 0 amide bonds. The second-order valence-corrected chi connectivity index (χ2v) is 6.19. The number of hydrogen-bond donors (Lipinski definition) is 1. The van der Waals surface area contributed by atoms with E-state index in [1.165, 1.54) is 23.1 Å². The lowest BCUT2D eigenvalue weighted by Gasteiger charge is -2.30. The van der Waals surface area contributed by atoms with Crippen LogP contribution < -0.4 is 5.32 Å². The number of rotatable bonds is 2. The third kappa shape index (κ3) is 2.46. The van der Waals surface area contributed by atoms with E-state index in [-0.39, 0.29) is 0 Å². The molecule has 3 rings (SSSR count). The number of quaternary nitrogens is 1. The first kappa shape index (κ1) is 13.9. The molecule has 2 aromatic rings. The molecule has 2 N–H and O–H groups in total. The van der Waals surface area contributed by atoms with E-state index in [0.29, 0.717) is 22.0 Å². The van der Waals surface area contributed by atoms with Gasteiger partial charge in [-0.15, -0.1) is 0 Å². The third-order valence-electron chi connectivity index (χ3n) is 4.29. The maximum Gasteiger partial charge on any atom is 0.112 e. The highest BCUT2D eigenvalue weighted by molar-refractivity contribution is 6.42. The van der Waals surface area contributed by atoms with Gasteiger partial charge in [0.1, 0.15) is 6.04 Å². The Balaban J connectivity index is 2.05. The number of nitrogens with two attached hydrogens (primary N) is 1. The van der Waals surface area contributed by atoms with Gasteiger partial charge in [0, 0.05) is 17.9 Å². The van der Waals surface area contributed by atoms with Gasteiger partial charge in [-0.25, -0.2) is 0 Å². The van der Waals surface area contributed by atoms with E-state index in [1.54, 1.807) is 0 Å². The van der Waals surface area contributed by atoms with Gasteiger partial charge >= 0.3 is 0 Å². The first-order chi connectivity index (χ1) is 9.70. The van der Waals surface area contributed by atoms with Crippen LogP contribution in [0, 0.1) is 0 Å². The van der Waals surface area contributed by atoms with Crippen molar-refractivity contribution in [2.45, 2.75) is 24.8 Å². The van der Waals surface area contributed by atoms with Gasteiger partial charge in [0.05, 0.1) is 17.1 Å². The molecule has 104 valence electrons. The number of fused-ring (bicyclic) bond motifs is 1. The Morgan fingerprint density at radius 2 is 1.70 bits per heavy atom. The van der Waals surface area contributed by atoms with Gasteiger partial charge in [0.2, 0.25) is 0 Å². The van der Waals surface area contributed by atoms with E-state index in [4.69, 9.17) is 23.2 Å². The third-order valence-corrected chi connectivity index (χ3v) is 5.02. The van der Waals surface area contributed by atoms with Crippen molar-refractivity contribution >= 4 is 23.2 Å². The van der Waals surface area contributed by atoms with Crippen LogP contribution in [0.3, 0.4) is 0 Å². The Labute approximate surface area is 129 Å². The van der Waals surface area contributed by atoms with E-state index < -0.39 is 0 Å². The maximum absolute atomic E-state index is 6.18. The van der Waals surface area contributed by atoms with E-state index in [1.807, 2.05) is 12.1 Å². The van der Waals surface area contributed by atoms with Gasteiger partial charge < -0.3 is 5.32 Å². The summed E-state index contributed by atoms with van der Waals surface area (Å²) in [5.41, 5.74) is 4.15. The quantitative estimate of drug-likeness (QED) is 0.858. The molecule has 20 heavy (non-hydrogen) atoms. The van der Waals surface area contributed by atoms with Crippen LogP contribution in [0.1, 0.15) is 41.5 Å². The summed E-state index contributed by atoms with van der Waals surface area (Å²) in [4.78, 5) is 0. The van der Waals surface area contributed by atoms with Crippen molar-refractivity contribution in [1.82, 2.24) is 0 Å². The lowest BCUT2D eigenvalue weighted by Crippen LogP contribution is -2.81. The highest BCUT2D eigenvalue weighted by Gasteiger charge is 2.29. The van der Waals surface area contributed by atoms with Crippen molar-refractivity contribution in [3.8, 4) is 0 Å². The monoisotopic (exact) mass is 306 g/mol. The summed E-state index contributed by atoms with van der Waals surface area (Å²) < 4.78 is 0. The summed E-state index contributed by atoms with van der Waals surface area (Å²) in [6.45, 7) is 0. The molecule has 0 fully saturated rings. The molecular weight excluding hydrogens is 289 g/mol. The molecular formula is C17H18Cl2N+. The van der Waals surface area contributed by atoms with E-state index >= 15 is 0 Å². The molecule has 0 radical (unpaired) electrons. The number of halogens is 2. The average molecular weight is 307 g/mol. The minimum Gasteiger partial charge on any atom is -0.342 e. The largest absolute Gasteiger partial charge is 0.342 e. The molecule has 0 unspecified atom stereocenters. The topological polar surface area (TPSA) is 16.6 Å². The SMILES string of the molecule is C[NH2+][C@H]1CC[C@H](c2ccc(Cl)c(Cl)c2)c2ccccc21. The van der Waals surface area contributed by atoms with Crippen LogP contribution in [0.5, 0.6) is 0 Å². The second-order valence-electron chi connectivity index (χ2n) is 5.37. The van der Waals surface area contributed by atoms with Crippen LogP contribution in [0.4, 0.5) is 0 Å². The highest BCUT2D eigenvalue weighted by atomic mass is 35.5. The normalized spacial score (nSPS) is 21.6. The van der Waals surface area contributed by atoms with Crippen LogP contribution in [0.15, 0.2) is 42.5 Å². The lowest BCUT2D eigenvalue weighted by molar-refractivity contribution is -0.671. The fourth-order valence-corrected chi connectivity index (χ4v) is 3.55. The Morgan fingerprint density at radius 3 is 2.40 bits per heavy atom. The van der Waals surface area contributed by atoms with Crippen molar-refractivity contribution in [1.29, 1.82) is 0 Å². The molecule has 1 aliphatic rings. The van der Waals surface area contributed by atoms with Gasteiger partial charge in [-0.1, -0.05) is 53.5 Å². The summed E-state index contributed by atoms with van der Waals surface area (Å²) in [6.07, 6.45) is 2.35. The van der Waals surface area contributed by atoms with Crippen LogP contribution in [-0.4, -0.2) is 7.05 Å². The highest BCUT2D eigenvalue weighted by Crippen LogP contribution is 2.40. The van der Waals surface area contributed by atoms with Crippen molar-refractivity contribution in [2.75, 3.05) is 7.05 Å². The minimum atomic E-state index is 0.428. The fourth-order valence-electron chi connectivity index (χ4n) is 3.24. The molecule has 0 spiro atoms. The molecule has 0 heterocycles. The van der Waals surface area contributed by atoms with Crippen molar-refractivity contribution in [2.24, 2.45) is 0 Å². The predicted octanol–water partition coefficient (Wildman–Crippen LogP) is 4.15. The van der Waals surface area contributed by atoms with Gasteiger partial charge in [0.25, 0.3) is 0 Å². The molecule has 1 nitrogen and oxygen atoms in total. The minimum absolute atomic E-state index is 0.428. The summed E-state index contributed by atoms with van der Waals surface area (Å²) in [5, 5.41) is 3.58. The van der Waals surface area contributed by atoms with Crippen LogP contribution >= 0.6 is 23.2 Å². The van der Waals surface area contributed by atoms with Crippen LogP contribution in [0.2, 0.25) is 10.0 Å². The first-order valence-electron chi connectivity index (χ1n) is 7.04. The summed E-state index contributed by atoms with van der Waals surface area (Å²) in [5.74, 6) is 0.428. The number of benzene rings is 2. The average Bonchev–Trinajstić information content (AvgIpc) is 2.49. The van der Waals surface area contributed by atoms with Crippen LogP contribution in [-0.2, 0) is 0 Å². The smallest absolute Gasteiger partial charge is 0.112 e. The summed E-state index contributed by atoms with van der Waals surface area (Å²) in [6, 6.07) is 15.4. The molecule has 2 atom stereocenters. The first-order valence-corrected chi connectivity index (χ1v) is 7.79. The maximum atomic E-state index is 6.18.